The summed E-state index contributed by atoms with van der Waals surface area (Å²) in [6.45, 7) is 0. The summed E-state index contributed by atoms with van der Waals surface area (Å²) in [6, 6.07) is 137. The molecule has 18 aromatic carbocycles. The SMILES string of the molecule is c1ccc(-c2ccc(N(c3ccc(-c4cc5ccccc5c5ccccc45)cc3)c3cccc4sc5c6ccccc6ccc5c34)cc2)cc1.c1ccc(-c2ccc(N(c3ccc(-c4ccc5c(ccc6ccccc65)c4)cc3)c3cccc4sc5c6ccccc6ccc5c34)cc2)cc1. The lowest BCUT2D eigenvalue weighted by Gasteiger charge is -2.27. The van der Waals surface area contributed by atoms with Crippen molar-refractivity contribution < 1.29 is 0 Å². The number of anilines is 6. The van der Waals surface area contributed by atoms with Gasteiger partial charge in [-0.2, -0.15) is 0 Å². The molecule has 0 unspecified atom stereocenters. The van der Waals surface area contributed by atoms with E-state index in [0.29, 0.717) is 0 Å². The van der Waals surface area contributed by atoms with Crippen molar-refractivity contribution in [2.75, 3.05) is 9.80 Å². The maximum absolute atomic E-state index is 2.43. The first-order valence-corrected chi connectivity index (χ1v) is 35.8. The largest absolute Gasteiger partial charge is 0.310 e. The number of benzene rings is 18. The third-order valence-electron chi connectivity index (χ3n) is 20.1. The zero-order valence-electron chi connectivity index (χ0n) is 54.5. The van der Waals surface area contributed by atoms with Crippen LogP contribution in [0.1, 0.15) is 0 Å². The van der Waals surface area contributed by atoms with Gasteiger partial charge in [-0.25, -0.2) is 0 Å². The fourth-order valence-corrected chi connectivity index (χ4v) is 17.8. The van der Waals surface area contributed by atoms with Crippen molar-refractivity contribution in [1.29, 1.82) is 0 Å². The van der Waals surface area contributed by atoms with Gasteiger partial charge in [0.25, 0.3) is 0 Å². The molecule has 2 heterocycles. The molecule has 0 saturated heterocycles. The van der Waals surface area contributed by atoms with Gasteiger partial charge in [0.2, 0.25) is 0 Å². The highest BCUT2D eigenvalue weighted by Crippen LogP contribution is 2.50. The lowest BCUT2D eigenvalue weighted by Crippen LogP contribution is -2.10. The van der Waals surface area contributed by atoms with Crippen molar-refractivity contribution in [2.45, 2.75) is 0 Å². The summed E-state index contributed by atoms with van der Waals surface area (Å²) in [7, 11) is 0. The molecule has 0 atom stereocenters. The van der Waals surface area contributed by atoms with E-state index in [1.54, 1.807) is 0 Å². The van der Waals surface area contributed by atoms with Crippen molar-refractivity contribution in [3.05, 3.63) is 376 Å². The first-order valence-electron chi connectivity index (χ1n) is 34.2. The molecule has 0 aliphatic carbocycles. The minimum absolute atomic E-state index is 1.12. The quantitative estimate of drug-likeness (QED) is 0.126. The van der Waals surface area contributed by atoms with Gasteiger partial charge < -0.3 is 9.80 Å². The van der Waals surface area contributed by atoms with Gasteiger partial charge in [-0.3, -0.25) is 0 Å². The second kappa shape index (κ2) is 24.9. The summed E-state index contributed by atoms with van der Waals surface area (Å²) in [5.41, 5.74) is 16.6. The van der Waals surface area contributed by atoms with E-state index in [1.165, 1.54) is 161 Å². The molecule has 0 bridgehead atoms. The standard InChI is InChI=1S/2C48H31NS/c1-2-11-32(12-3-1)33-21-26-37(27-22-33)49(45-19-10-20-46-47(45)43-30-25-34-13-4-7-16-40(34)48(43)50-46)38-28-23-35(24-29-38)44-31-36-14-5-6-15-39(36)41-17-8-9-18-42(41)44;1-2-9-32(10-3-1)33-19-25-39(26-20-33)49(45-15-8-16-46-47(45)44-30-23-36-12-5-7-14-43(36)48(44)50-46)40-27-21-34(22-28-40)37-24-29-42-38(31-37)18-17-35-11-4-6-13-41(35)42/h2*1-31H. The van der Waals surface area contributed by atoms with Crippen molar-refractivity contribution in [2.24, 2.45) is 0 Å². The van der Waals surface area contributed by atoms with Crippen LogP contribution >= 0.6 is 22.7 Å². The number of hydrogen-bond donors (Lipinski definition) is 0. The summed E-state index contributed by atoms with van der Waals surface area (Å²) in [5.74, 6) is 0. The number of thiophene rings is 2. The smallest absolute Gasteiger partial charge is 0.0554 e. The van der Waals surface area contributed by atoms with Gasteiger partial charge in [-0.05, 0) is 194 Å². The Hall–Kier alpha value is -12.4. The van der Waals surface area contributed by atoms with E-state index in [1.807, 2.05) is 22.7 Å². The van der Waals surface area contributed by atoms with Crippen LogP contribution in [0.4, 0.5) is 34.1 Å². The van der Waals surface area contributed by atoms with E-state index >= 15 is 0 Å². The number of rotatable bonds is 10. The summed E-state index contributed by atoms with van der Waals surface area (Å²) >= 11 is 3.78. The zero-order valence-corrected chi connectivity index (χ0v) is 56.1. The molecular weight excluding hydrogens is 1250 g/mol. The lowest BCUT2D eigenvalue weighted by molar-refractivity contribution is 1.30. The first-order chi connectivity index (χ1) is 49.6. The van der Waals surface area contributed by atoms with Crippen LogP contribution in [-0.2, 0) is 0 Å². The van der Waals surface area contributed by atoms with E-state index < -0.39 is 0 Å². The van der Waals surface area contributed by atoms with Crippen molar-refractivity contribution in [3.8, 4) is 44.5 Å². The van der Waals surface area contributed by atoms with E-state index in [9.17, 15) is 0 Å². The predicted octanol–water partition coefficient (Wildman–Crippen LogP) is 28.6. The Kier molecular flexibility index (Phi) is 14.7. The number of fused-ring (bicyclic) bond motifs is 16. The second-order valence-corrected chi connectivity index (χ2v) is 27.9. The van der Waals surface area contributed by atoms with E-state index in [0.717, 1.165) is 22.7 Å². The van der Waals surface area contributed by atoms with Crippen LogP contribution in [0.15, 0.2) is 376 Å². The van der Waals surface area contributed by atoms with Gasteiger partial charge in [0, 0.05) is 63.1 Å². The number of nitrogens with zero attached hydrogens (tertiary/aromatic N) is 2. The van der Waals surface area contributed by atoms with Crippen LogP contribution in [0.25, 0.3) is 149 Å². The molecule has 0 saturated carbocycles. The highest BCUT2D eigenvalue weighted by Gasteiger charge is 2.23. The lowest BCUT2D eigenvalue weighted by atomic mass is 9.93. The number of hydrogen-bond acceptors (Lipinski definition) is 4. The molecule has 0 amide bonds. The normalized spacial score (nSPS) is 11.6. The van der Waals surface area contributed by atoms with Crippen LogP contribution in [0.5, 0.6) is 0 Å². The highest BCUT2D eigenvalue weighted by atomic mass is 32.1. The predicted molar refractivity (Wildman–Crippen MR) is 435 cm³/mol. The van der Waals surface area contributed by atoms with Crippen molar-refractivity contribution >= 4 is 162 Å². The van der Waals surface area contributed by atoms with Gasteiger partial charge in [0.15, 0.2) is 0 Å². The van der Waals surface area contributed by atoms with Crippen molar-refractivity contribution in [3.63, 3.8) is 0 Å². The molecule has 100 heavy (non-hydrogen) atoms. The molecule has 0 fully saturated rings. The first kappa shape index (κ1) is 58.9. The molecule has 20 aromatic rings. The summed E-state index contributed by atoms with van der Waals surface area (Å²) in [5, 5.41) is 20.6. The van der Waals surface area contributed by atoms with Gasteiger partial charge in [-0.15, -0.1) is 22.7 Å². The molecule has 0 aliphatic heterocycles. The molecule has 0 radical (unpaired) electrons. The van der Waals surface area contributed by atoms with Crippen molar-refractivity contribution in [1.82, 2.24) is 0 Å². The minimum atomic E-state index is 1.12. The maximum atomic E-state index is 2.43. The Labute approximate surface area is 588 Å². The highest BCUT2D eigenvalue weighted by molar-refractivity contribution is 7.27. The molecule has 2 aromatic heterocycles. The molecular formula is C96H62N2S2. The van der Waals surface area contributed by atoms with Crippen LogP contribution in [0.3, 0.4) is 0 Å². The van der Waals surface area contributed by atoms with Gasteiger partial charge in [-0.1, -0.05) is 291 Å². The molecule has 468 valence electrons. The Balaban J connectivity index is 0.000000139. The van der Waals surface area contributed by atoms with Gasteiger partial charge in [0.05, 0.1) is 11.4 Å². The van der Waals surface area contributed by atoms with E-state index in [-0.39, 0.29) is 0 Å². The summed E-state index contributed by atoms with van der Waals surface area (Å²) in [6.07, 6.45) is 0. The molecule has 20 rings (SSSR count). The summed E-state index contributed by atoms with van der Waals surface area (Å²) < 4.78 is 5.26. The fourth-order valence-electron chi connectivity index (χ4n) is 15.2. The van der Waals surface area contributed by atoms with Crippen LogP contribution in [0.2, 0.25) is 0 Å². The molecule has 0 N–H and O–H groups in total. The van der Waals surface area contributed by atoms with Gasteiger partial charge in [0.1, 0.15) is 0 Å². The molecule has 4 heteroatoms. The zero-order chi connectivity index (χ0) is 66.0. The fraction of sp³-hybridized carbons (Fsp3) is 0. The Bertz CT molecular complexity index is 6490. The van der Waals surface area contributed by atoms with Crippen LogP contribution < -0.4 is 9.80 Å². The Morgan fingerprint density at radius 1 is 0.180 bits per heavy atom. The Morgan fingerprint density at radius 2 is 0.500 bits per heavy atom. The van der Waals surface area contributed by atoms with Gasteiger partial charge >= 0.3 is 0 Å². The average Bonchev–Trinajstić information content (AvgIpc) is 1.53. The maximum Gasteiger partial charge on any atom is 0.0554 e. The van der Waals surface area contributed by atoms with Crippen LogP contribution in [-0.4, -0.2) is 0 Å². The van der Waals surface area contributed by atoms with E-state index in [4.69, 9.17) is 0 Å². The third kappa shape index (κ3) is 10.4. The van der Waals surface area contributed by atoms with Crippen LogP contribution in [0, 0.1) is 0 Å². The topological polar surface area (TPSA) is 6.48 Å². The molecule has 0 spiro atoms. The third-order valence-corrected chi connectivity index (χ3v) is 22.5. The Morgan fingerprint density at radius 3 is 0.990 bits per heavy atom. The second-order valence-electron chi connectivity index (χ2n) is 25.8. The summed E-state index contributed by atoms with van der Waals surface area (Å²) in [4.78, 5) is 4.86. The molecule has 2 nitrogen and oxygen atoms in total. The van der Waals surface area contributed by atoms with E-state index in [2.05, 4.69) is 386 Å². The molecule has 0 aliphatic rings. The minimum Gasteiger partial charge on any atom is -0.310 e. The monoisotopic (exact) mass is 1310 g/mol. The average molecular weight is 1310 g/mol.